The zero-order valence-electron chi connectivity index (χ0n) is 12.8. The van der Waals surface area contributed by atoms with Crippen LogP contribution in [0.1, 0.15) is 23.9 Å². The Balaban J connectivity index is 0.00000361. The molecular formula is C13H25IN4O2. The van der Waals surface area contributed by atoms with Gasteiger partial charge in [-0.1, -0.05) is 5.16 Å². The topological polar surface area (TPSA) is 71.7 Å². The highest BCUT2D eigenvalue weighted by molar-refractivity contribution is 14.0. The quantitative estimate of drug-likeness (QED) is 0.435. The number of guanidine groups is 1. The Kier molecular flexibility index (Phi) is 9.56. The molecule has 0 aromatic carbocycles. The molecule has 1 unspecified atom stereocenters. The molecule has 0 fully saturated rings. The van der Waals surface area contributed by atoms with Gasteiger partial charge in [-0.25, -0.2) is 0 Å². The lowest BCUT2D eigenvalue weighted by molar-refractivity contribution is 0.179. The predicted molar refractivity (Wildman–Crippen MR) is 90.9 cm³/mol. The molecule has 6 nitrogen and oxygen atoms in total. The average Bonchev–Trinajstić information content (AvgIpc) is 2.69. The van der Waals surface area contributed by atoms with Crippen molar-refractivity contribution in [1.29, 1.82) is 0 Å². The molecule has 7 heteroatoms. The van der Waals surface area contributed by atoms with Gasteiger partial charge in [-0.3, -0.25) is 4.99 Å². The number of hydrogen-bond donors (Lipinski definition) is 2. The Morgan fingerprint density at radius 3 is 2.65 bits per heavy atom. The minimum Gasteiger partial charge on any atom is -0.383 e. The van der Waals surface area contributed by atoms with Crippen LogP contribution in [0.3, 0.4) is 0 Å². The SMILES string of the molecule is CN=C(NCCc1c(C)noc1C)NC(C)COC.I. The Bertz CT molecular complexity index is 401. The lowest BCUT2D eigenvalue weighted by atomic mass is 10.1. The molecule has 0 saturated heterocycles. The molecule has 0 bridgehead atoms. The number of nitrogens with zero attached hydrogens (tertiary/aromatic N) is 2. The smallest absolute Gasteiger partial charge is 0.191 e. The van der Waals surface area contributed by atoms with E-state index in [2.05, 4.69) is 20.8 Å². The summed E-state index contributed by atoms with van der Waals surface area (Å²) in [5, 5.41) is 10.5. The fraction of sp³-hybridized carbons (Fsp3) is 0.692. The zero-order chi connectivity index (χ0) is 14.3. The zero-order valence-corrected chi connectivity index (χ0v) is 15.1. The maximum absolute atomic E-state index is 5.14. The van der Waals surface area contributed by atoms with E-state index >= 15 is 0 Å². The fourth-order valence-electron chi connectivity index (χ4n) is 1.88. The third-order valence-electron chi connectivity index (χ3n) is 2.87. The minimum absolute atomic E-state index is 0. The maximum atomic E-state index is 5.14. The summed E-state index contributed by atoms with van der Waals surface area (Å²) in [5.41, 5.74) is 2.11. The fourth-order valence-corrected chi connectivity index (χ4v) is 1.88. The molecule has 0 aliphatic rings. The molecule has 1 rings (SSSR count). The van der Waals surface area contributed by atoms with Crippen molar-refractivity contribution in [3.8, 4) is 0 Å². The van der Waals surface area contributed by atoms with Crippen molar-refractivity contribution in [2.24, 2.45) is 4.99 Å². The predicted octanol–water partition coefficient (Wildman–Crippen LogP) is 1.65. The third-order valence-corrected chi connectivity index (χ3v) is 2.87. The lowest BCUT2D eigenvalue weighted by Crippen LogP contribution is -2.44. The highest BCUT2D eigenvalue weighted by atomic mass is 127. The van der Waals surface area contributed by atoms with Crippen LogP contribution in [-0.4, -0.2) is 44.5 Å². The third kappa shape index (κ3) is 6.08. The molecule has 116 valence electrons. The first-order valence-corrected chi connectivity index (χ1v) is 6.46. The number of aryl methyl sites for hydroxylation is 2. The summed E-state index contributed by atoms with van der Waals surface area (Å²) in [7, 11) is 3.44. The highest BCUT2D eigenvalue weighted by Gasteiger charge is 2.09. The molecule has 0 aliphatic carbocycles. The molecule has 1 atom stereocenters. The van der Waals surface area contributed by atoms with Crippen molar-refractivity contribution in [2.75, 3.05) is 27.3 Å². The van der Waals surface area contributed by atoms with E-state index in [0.717, 1.165) is 35.9 Å². The lowest BCUT2D eigenvalue weighted by Gasteiger charge is -2.17. The van der Waals surface area contributed by atoms with Crippen LogP contribution in [0.15, 0.2) is 9.52 Å². The van der Waals surface area contributed by atoms with E-state index in [1.54, 1.807) is 14.2 Å². The Labute approximate surface area is 137 Å². The molecule has 2 N–H and O–H groups in total. The van der Waals surface area contributed by atoms with Gasteiger partial charge in [0, 0.05) is 32.3 Å². The Hall–Kier alpha value is -0.830. The van der Waals surface area contributed by atoms with Crippen molar-refractivity contribution < 1.29 is 9.26 Å². The normalized spacial score (nSPS) is 12.8. The first-order chi connectivity index (χ1) is 9.08. The summed E-state index contributed by atoms with van der Waals surface area (Å²) in [6.07, 6.45) is 0.862. The van der Waals surface area contributed by atoms with Crippen LogP contribution in [-0.2, 0) is 11.2 Å². The van der Waals surface area contributed by atoms with E-state index in [4.69, 9.17) is 9.26 Å². The molecule has 0 saturated carbocycles. The Morgan fingerprint density at radius 2 is 2.15 bits per heavy atom. The molecule has 0 aliphatic heterocycles. The van der Waals surface area contributed by atoms with Gasteiger partial charge >= 0.3 is 0 Å². The van der Waals surface area contributed by atoms with Gasteiger partial charge in [0.2, 0.25) is 0 Å². The van der Waals surface area contributed by atoms with Crippen LogP contribution in [0.2, 0.25) is 0 Å². The van der Waals surface area contributed by atoms with Crippen LogP contribution >= 0.6 is 24.0 Å². The van der Waals surface area contributed by atoms with Gasteiger partial charge in [-0.05, 0) is 27.2 Å². The molecule has 20 heavy (non-hydrogen) atoms. The van der Waals surface area contributed by atoms with Crippen LogP contribution in [0.4, 0.5) is 0 Å². The Morgan fingerprint density at radius 1 is 1.45 bits per heavy atom. The van der Waals surface area contributed by atoms with Crippen LogP contribution < -0.4 is 10.6 Å². The number of hydrogen-bond acceptors (Lipinski definition) is 4. The monoisotopic (exact) mass is 396 g/mol. The number of halogens is 1. The van der Waals surface area contributed by atoms with E-state index in [1.165, 1.54) is 0 Å². The molecule has 0 amide bonds. The van der Waals surface area contributed by atoms with Crippen LogP contribution in [0.5, 0.6) is 0 Å². The number of rotatable bonds is 6. The van der Waals surface area contributed by atoms with Gasteiger partial charge in [0.25, 0.3) is 0 Å². The van der Waals surface area contributed by atoms with Crippen molar-refractivity contribution >= 4 is 29.9 Å². The van der Waals surface area contributed by atoms with E-state index in [9.17, 15) is 0 Å². The van der Waals surface area contributed by atoms with E-state index in [1.807, 2.05) is 20.8 Å². The van der Waals surface area contributed by atoms with Crippen LogP contribution in [0.25, 0.3) is 0 Å². The second kappa shape index (κ2) is 9.98. The first-order valence-electron chi connectivity index (χ1n) is 6.46. The number of ether oxygens (including phenoxy) is 1. The second-order valence-electron chi connectivity index (χ2n) is 4.55. The van der Waals surface area contributed by atoms with Crippen molar-refractivity contribution in [3.63, 3.8) is 0 Å². The highest BCUT2D eigenvalue weighted by Crippen LogP contribution is 2.11. The molecule has 0 spiro atoms. The molecule has 1 heterocycles. The van der Waals surface area contributed by atoms with Gasteiger partial charge in [0.05, 0.1) is 12.3 Å². The second-order valence-corrected chi connectivity index (χ2v) is 4.55. The van der Waals surface area contributed by atoms with E-state index in [-0.39, 0.29) is 30.0 Å². The summed E-state index contributed by atoms with van der Waals surface area (Å²) in [6.45, 7) is 7.36. The number of methoxy groups -OCH3 is 1. The summed E-state index contributed by atoms with van der Waals surface area (Å²) < 4.78 is 10.2. The minimum atomic E-state index is 0. The van der Waals surface area contributed by atoms with E-state index < -0.39 is 0 Å². The van der Waals surface area contributed by atoms with Crippen molar-refractivity contribution in [1.82, 2.24) is 15.8 Å². The first kappa shape index (κ1) is 19.2. The standard InChI is InChI=1S/C13H24N4O2.HI/c1-9(8-18-5)16-13(14-4)15-7-6-12-10(2)17-19-11(12)3;/h9H,6-8H2,1-5H3,(H2,14,15,16);1H. The molecule has 0 radical (unpaired) electrons. The van der Waals surface area contributed by atoms with Gasteiger partial charge in [0.1, 0.15) is 5.76 Å². The molecule has 1 aromatic heterocycles. The van der Waals surface area contributed by atoms with Crippen molar-refractivity contribution in [2.45, 2.75) is 33.2 Å². The van der Waals surface area contributed by atoms with Gasteiger partial charge in [-0.15, -0.1) is 24.0 Å². The van der Waals surface area contributed by atoms with Gasteiger partial charge in [0.15, 0.2) is 5.96 Å². The largest absolute Gasteiger partial charge is 0.383 e. The molecular weight excluding hydrogens is 371 g/mol. The summed E-state index contributed by atoms with van der Waals surface area (Å²) in [5.74, 6) is 1.66. The van der Waals surface area contributed by atoms with Gasteiger partial charge < -0.3 is 19.9 Å². The summed E-state index contributed by atoms with van der Waals surface area (Å²) in [6, 6.07) is 0.218. The van der Waals surface area contributed by atoms with Crippen molar-refractivity contribution in [3.05, 3.63) is 17.0 Å². The maximum Gasteiger partial charge on any atom is 0.191 e. The number of aliphatic imine (C=N–C) groups is 1. The molecule has 1 aromatic rings. The summed E-state index contributed by atoms with van der Waals surface area (Å²) >= 11 is 0. The number of nitrogens with one attached hydrogen (secondary N) is 2. The van der Waals surface area contributed by atoms with E-state index in [0.29, 0.717) is 6.61 Å². The van der Waals surface area contributed by atoms with Gasteiger partial charge in [-0.2, -0.15) is 0 Å². The van der Waals surface area contributed by atoms with Crippen LogP contribution in [0, 0.1) is 13.8 Å². The summed E-state index contributed by atoms with van der Waals surface area (Å²) in [4.78, 5) is 4.17. The average molecular weight is 396 g/mol. The number of aromatic nitrogens is 1.